The SMILES string of the molecule is CCOc1cccc(Cl)c1Cn1cc(C)c(O)c(NC(=O)N[C@@H](CC(=O)O)c2ccc3c(ccn3C)c2)c1=O. The topological polar surface area (TPSA) is 135 Å². The van der Waals surface area contributed by atoms with Gasteiger partial charge in [0, 0.05) is 41.1 Å². The van der Waals surface area contributed by atoms with Crippen LogP contribution in [0.25, 0.3) is 10.9 Å². The molecule has 0 unspecified atom stereocenters. The van der Waals surface area contributed by atoms with Crippen molar-refractivity contribution in [1.82, 2.24) is 14.5 Å². The summed E-state index contributed by atoms with van der Waals surface area (Å²) in [6.45, 7) is 3.85. The number of rotatable bonds is 9. The Morgan fingerprint density at radius 1 is 1.18 bits per heavy atom. The molecule has 2 aromatic carbocycles. The van der Waals surface area contributed by atoms with Gasteiger partial charge in [0.25, 0.3) is 5.56 Å². The number of aliphatic carboxylic acids is 1. The van der Waals surface area contributed by atoms with E-state index in [-0.39, 0.29) is 18.7 Å². The van der Waals surface area contributed by atoms with Crippen molar-refractivity contribution in [3.63, 3.8) is 0 Å². The van der Waals surface area contributed by atoms with Crippen LogP contribution in [0.3, 0.4) is 0 Å². The molecule has 2 amide bonds. The molecule has 0 saturated carbocycles. The average molecular weight is 553 g/mol. The number of ether oxygens (including phenoxy) is 1. The maximum atomic E-state index is 13.3. The molecule has 0 spiro atoms. The van der Waals surface area contributed by atoms with Gasteiger partial charge in [0.05, 0.1) is 25.6 Å². The minimum atomic E-state index is -1.11. The van der Waals surface area contributed by atoms with Crippen LogP contribution in [0.2, 0.25) is 5.02 Å². The highest BCUT2D eigenvalue weighted by Crippen LogP contribution is 2.29. The van der Waals surface area contributed by atoms with Crippen LogP contribution in [-0.2, 0) is 18.4 Å². The molecule has 4 N–H and O–H groups in total. The molecule has 11 heteroatoms. The van der Waals surface area contributed by atoms with Crippen molar-refractivity contribution in [3.05, 3.63) is 86.9 Å². The van der Waals surface area contributed by atoms with Gasteiger partial charge in [-0.3, -0.25) is 9.59 Å². The lowest BCUT2D eigenvalue weighted by Crippen LogP contribution is -2.36. The molecule has 4 rings (SSSR count). The Bertz CT molecular complexity index is 1610. The molecular weight excluding hydrogens is 524 g/mol. The molecule has 39 heavy (non-hydrogen) atoms. The summed E-state index contributed by atoms with van der Waals surface area (Å²) in [5.41, 5.74) is 1.43. The molecule has 10 nitrogen and oxygen atoms in total. The van der Waals surface area contributed by atoms with Crippen LogP contribution in [0.5, 0.6) is 11.5 Å². The number of carbonyl (C=O) groups is 2. The number of pyridine rings is 1. The van der Waals surface area contributed by atoms with Crippen molar-refractivity contribution in [3.8, 4) is 11.5 Å². The second kappa shape index (κ2) is 11.5. The third-order valence-corrected chi connectivity index (χ3v) is 6.73. The van der Waals surface area contributed by atoms with Crippen molar-refractivity contribution >= 4 is 40.2 Å². The minimum Gasteiger partial charge on any atom is -0.505 e. The van der Waals surface area contributed by atoms with E-state index in [0.29, 0.717) is 34.1 Å². The Balaban J connectivity index is 1.62. The van der Waals surface area contributed by atoms with Crippen molar-refractivity contribution in [2.75, 3.05) is 11.9 Å². The molecule has 0 aliphatic heterocycles. The molecule has 4 aromatic rings. The lowest BCUT2D eigenvalue weighted by Gasteiger charge is -2.19. The van der Waals surface area contributed by atoms with E-state index in [9.17, 15) is 24.6 Å². The Labute approximate surface area is 229 Å². The van der Waals surface area contributed by atoms with Crippen molar-refractivity contribution in [2.24, 2.45) is 7.05 Å². The fraction of sp³-hybridized carbons (Fsp3) is 0.250. The Kier molecular flexibility index (Phi) is 8.15. The quantitative estimate of drug-likeness (QED) is 0.236. The van der Waals surface area contributed by atoms with E-state index in [4.69, 9.17) is 16.3 Å². The number of aromatic nitrogens is 2. The van der Waals surface area contributed by atoms with Crippen LogP contribution < -0.4 is 20.9 Å². The van der Waals surface area contributed by atoms with E-state index in [2.05, 4.69) is 10.6 Å². The number of nitrogens with zero attached hydrogens (tertiary/aromatic N) is 2. The van der Waals surface area contributed by atoms with E-state index < -0.39 is 29.4 Å². The first kappa shape index (κ1) is 27.6. The number of carboxylic acids is 1. The number of aromatic hydroxyl groups is 1. The summed E-state index contributed by atoms with van der Waals surface area (Å²) >= 11 is 6.38. The molecule has 0 aliphatic carbocycles. The highest BCUT2D eigenvalue weighted by atomic mass is 35.5. The summed E-state index contributed by atoms with van der Waals surface area (Å²) in [4.78, 5) is 37.9. The highest BCUT2D eigenvalue weighted by molar-refractivity contribution is 6.31. The molecule has 2 heterocycles. The molecule has 0 fully saturated rings. The van der Waals surface area contributed by atoms with Gasteiger partial charge < -0.3 is 34.7 Å². The maximum absolute atomic E-state index is 13.3. The largest absolute Gasteiger partial charge is 0.505 e. The fourth-order valence-electron chi connectivity index (χ4n) is 4.43. The number of anilines is 1. The summed E-state index contributed by atoms with van der Waals surface area (Å²) in [6.07, 6.45) is 2.96. The van der Waals surface area contributed by atoms with Gasteiger partial charge in [0.15, 0.2) is 5.69 Å². The van der Waals surface area contributed by atoms with Gasteiger partial charge in [-0.15, -0.1) is 0 Å². The summed E-state index contributed by atoms with van der Waals surface area (Å²) in [7, 11) is 1.90. The predicted molar refractivity (Wildman–Crippen MR) is 149 cm³/mol. The van der Waals surface area contributed by atoms with Crippen molar-refractivity contribution in [1.29, 1.82) is 0 Å². The number of fused-ring (bicyclic) bond motifs is 1. The van der Waals surface area contributed by atoms with Gasteiger partial charge in [0.1, 0.15) is 11.5 Å². The van der Waals surface area contributed by atoms with Crippen LogP contribution in [-0.4, -0.2) is 38.0 Å². The normalized spacial score (nSPS) is 11.8. The molecule has 2 aromatic heterocycles. The van der Waals surface area contributed by atoms with Gasteiger partial charge in [-0.1, -0.05) is 23.7 Å². The molecule has 204 valence electrons. The van der Waals surface area contributed by atoms with Gasteiger partial charge in [-0.05, 0) is 55.1 Å². The Morgan fingerprint density at radius 3 is 2.67 bits per heavy atom. The van der Waals surface area contributed by atoms with Crippen molar-refractivity contribution < 1.29 is 24.5 Å². The molecule has 0 radical (unpaired) electrons. The Morgan fingerprint density at radius 2 is 1.95 bits per heavy atom. The van der Waals surface area contributed by atoms with E-state index in [1.165, 1.54) is 10.8 Å². The van der Waals surface area contributed by atoms with Crippen LogP contribution in [0.1, 0.15) is 36.1 Å². The first-order valence-corrected chi connectivity index (χ1v) is 12.6. The molecular formula is C28H29ClN4O6. The first-order valence-electron chi connectivity index (χ1n) is 12.3. The number of benzene rings is 2. The lowest BCUT2D eigenvalue weighted by molar-refractivity contribution is -0.137. The number of hydrogen-bond donors (Lipinski definition) is 4. The second-order valence-corrected chi connectivity index (χ2v) is 9.52. The zero-order valence-electron chi connectivity index (χ0n) is 21.7. The number of halogens is 1. The number of carboxylic acid groups (broad SMARTS) is 1. The summed E-state index contributed by atoms with van der Waals surface area (Å²) < 4.78 is 8.89. The number of urea groups is 1. The van der Waals surface area contributed by atoms with Crippen LogP contribution >= 0.6 is 11.6 Å². The number of carbonyl (C=O) groups excluding carboxylic acids is 1. The van der Waals surface area contributed by atoms with E-state index in [1.807, 2.05) is 36.9 Å². The Hall–Kier alpha value is -4.44. The molecule has 0 bridgehead atoms. The zero-order valence-corrected chi connectivity index (χ0v) is 22.5. The first-order chi connectivity index (χ1) is 18.6. The number of hydrogen-bond acceptors (Lipinski definition) is 5. The number of nitrogens with one attached hydrogen (secondary N) is 2. The molecule has 1 atom stereocenters. The fourth-order valence-corrected chi connectivity index (χ4v) is 4.66. The number of amides is 2. The molecule has 0 aliphatic rings. The summed E-state index contributed by atoms with van der Waals surface area (Å²) in [6, 6.07) is 10.7. The maximum Gasteiger partial charge on any atom is 0.319 e. The van der Waals surface area contributed by atoms with E-state index >= 15 is 0 Å². The average Bonchev–Trinajstić information content (AvgIpc) is 3.26. The minimum absolute atomic E-state index is 0.0317. The van der Waals surface area contributed by atoms with Crippen LogP contribution in [0, 0.1) is 6.92 Å². The number of aryl methyl sites for hydroxylation is 2. The monoisotopic (exact) mass is 552 g/mol. The van der Waals surface area contributed by atoms with E-state index in [0.717, 1.165) is 10.9 Å². The van der Waals surface area contributed by atoms with Crippen LogP contribution in [0.4, 0.5) is 10.5 Å². The predicted octanol–water partition coefficient (Wildman–Crippen LogP) is 4.79. The third-order valence-electron chi connectivity index (χ3n) is 6.37. The summed E-state index contributed by atoms with van der Waals surface area (Å²) in [5, 5.41) is 26.4. The van der Waals surface area contributed by atoms with Gasteiger partial charge >= 0.3 is 12.0 Å². The zero-order chi connectivity index (χ0) is 28.3. The van der Waals surface area contributed by atoms with Crippen molar-refractivity contribution in [2.45, 2.75) is 32.9 Å². The lowest BCUT2D eigenvalue weighted by atomic mass is 10.0. The highest BCUT2D eigenvalue weighted by Gasteiger charge is 2.22. The van der Waals surface area contributed by atoms with Gasteiger partial charge in [-0.25, -0.2) is 4.79 Å². The second-order valence-electron chi connectivity index (χ2n) is 9.11. The smallest absolute Gasteiger partial charge is 0.319 e. The van der Waals surface area contributed by atoms with Gasteiger partial charge in [-0.2, -0.15) is 0 Å². The standard InChI is InChI=1S/C28H29ClN4O6/c1-4-39-23-7-5-6-20(29)19(23)15-33-14-16(2)26(36)25(27(33)37)31-28(38)30-21(13-24(34)35)17-8-9-22-18(12-17)10-11-32(22)3/h5-12,14,21,36H,4,13,15H2,1-3H3,(H,34,35)(H2,30,31,38)/t21-/m0/s1. The summed E-state index contributed by atoms with van der Waals surface area (Å²) in [5.74, 6) is -0.989. The van der Waals surface area contributed by atoms with Gasteiger partial charge in [0.2, 0.25) is 0 Å². The van der Waals surface area contributed by atoms with E-state index in [1.54, 1.807) is 37.3 Å². The van der Waals surface area contributed by atoms with Crippen LogP contribution in [0.15, 0.2) is 59.7 Å². The third kappa shape index (κ3) is 6.01. The molecule has 0 saturated heterocycles.